The van der Waals surface area contributed by atoms with E-state index >= 15 is 0 Å². The lowest BCUT2D eigenvalue weighted by Crippen LogP contribution is -2.10. The average molecular weight is 342 g/mol. The number of hydrogen-bond acceptors (Lipinski definition) is 7. The summed E-state index contributed by atoms with van der Waals surface area (Å²) >= 11 is 2.76. The lowest BCUT2D eigenvalue weighted by molar-refractivity contribution is 0.102. The highest BCUT2D eigenvalue weighted by Crippen LogP contribution is 2.33. The Labute approximate surface area is 138 Å². The Hall–Kier alpha value is -2.58. The van der Waals surface area contributed by atoms with Gasteiger partial charge in [0, 0.05) is 0 Å². The zero-order valence-electron chi connectivity index (χ0n) is 11.9. The molecular weight excluding hydrogens is 332 g/mol. The Morgan fingerprint density at radius 1 is 1.22 bits per heavy atom. The van der Waals surface area contributed by atoms with Gasteiger partial charge in [-0.1, -0.05) is 17.3 Å². The van der Waals surface area contributed by atoms with Gasteiger partial charge in [-0.15, -0.1) is 22.7 Å². The predicted octanol–water partition coefficient (Wildman–Crippen LogP) is 3.97. The molecule has 6 nitrogen and oxygen atoms in total. The van der Waals surface area contributed by atoms with E-state index in [1.807, 2.05) is 35.7 Å². The van der Waals surface area contributed by atoms with Crippen LogP contribution in [0.2, 0.25) is 0 Å². The first-order valence-corrected chi connectivity index (χ1v) is 8.45. The predicted molar refractivity (Wildman–Crippen MR) is 89.9 cm³/mol. The van der Waals surface area contributed by atoms with Crippen LogP contribution in [-0.4, -0.2) is 21.0 Å². The quantitative estimate of drug-likeness (QED) is 0.609. The number of para-hydroxylation sites is 1. The smallest absolute Gasteiger partial charge is 0.285 e. The van der Waals surface area contributed by atoms with Gasteiger partial charge >= 0.3 is 0 Å². The Morgan fingerprint density at radius 3 is 2.87 bits per heavy atom. The van der Waals surface area contributed by atoms with Gasteiger partial charge in [0.15, 0.2) is 10.8 Å². The number of carbonyl (C=O) groups excluding carboxylic acids is 1. The van der Waals surface area contributed by atoms with Gasteiger partial charge in [0.05, 0.1) is 15.8 Å². The summed E-state index contributed by atoms with van der Waals surface area (Å²) in [4.78, 5) is 21.0. The second kappa shape index (κ2) is 5.56. The maximum atomic E-state index is 12.4. The maximum Gasteiger partial charge on any atom is 0.285 e. The minimum Gasteiger partial charge on any atom is -0.334 e. The average Bonchev–Trinajstić information content (AvgIpc) is 3.25. The summed E-state index contributed by atoms with van der Waals surface area (Å²) < 4.78 is 6.15. The van der Waals surface area contributed by atoms with E-state index in [1.54, 1.807) is 6.92 Å². The van der Waals surface area contributed by atoms with Crippen LogP contribution in [0.25, 0.3) is 21.7 Å². The minimum atomic E-state index is -0.244. The normalized spacial score (nSPS) is 11.0. The standard InChI is InChI=1S/C15H10N4O2S2/c1-8-16-13(21-19-8)9-6-7-22-14(9)18-12(20)15-17-10-4-2-3-5-11(10)23-15/h2-7H,1H3,(H,18,20). The van der Waals surface area contributed by atoms with Crippen LogP contribution in [0.15, 0.2) is 40.2 Å². The number of rotatable bonds is 3. The fourth-order valence-electron chi connectivity index (χ4n) is 2.11. The highest BCUT2D eigenvalue weighted by Gasteiger charge is 2.18. The van der Waals surface area contributed by atoms with Crippen LogP contribution in [0.3, 0.4) is 0 Å². The zero-order chi connectivity index (χ0) is 15.8. The van der Waals surface area contributed by atoms with Crippen molar-refractivity contribution >= 4 is 43.8 Å². The maximum absolute atomic E-state index is 12.4. The molecule has 1 N–H and O–H groups in total. The molecule has 0 saturated carbocycles. The molecular formula is C15H10N4O2S2. The number of aryl methyl sites for hydroxylation is 1. The van der Waals surface area contributed by atoms with Crippen LogP contribution in [0.4, 0.5) is 5.00 Å². The first-order valence-electron chi connectivity index (χ1n) is 6.76. The van der Waals surface area contributed by atoms with Crippen LogP contribution in [-0.2, 0) is 0 Å². The van der Waals surface area contributed by atoms with Crippen molar-refractivity contribution in [2.75, 3.05) is 5.32 Å². The molecule has 1 aromatic carbocycles. The lowest BCUT2D eigenvalue weighted by Gasteiger charge is -2.01. The molecule has 4 rings (SSSR count). The van der Waals surface area contributed by atoms with E-state index in [0.29, 0.717) is 27.3 Å². The molecule has 0 bridgehead atoms. The van der Waals surface area contributed by atoms with Gasteiger partial charge < -0.3 is 9.84 Å². The second-order valence-corrected chi connectivity index (χ2v) is 6.70. The van der Waals surface area contributed by atoms with E-state index in [-0.39, 0.29) is 5.91 Å². The molecule has 0 radical (unpaired) electrons. The summed E-state index contributed by atoms with van der Waals surface area (Å²) in [6, 6.07) is 9.50. The molecule has 0 spiro atoms. The Kier molecular flexibility index (Phi) is 3.40. The molecule has 0 aliphatic heterocycles. The summed E-state index contributed by atoms with van der Waals surface area (Å²) in [6.07, 6.45) is 0. The van der Waals surface area contributed by atoms with Crippen molar-refractivity contribution in [2.24, 2.45) is 0 Å². The molecule has 3 aromatic heterocycles. The number of hydrogen-bond donors (Lipinski definition) is 1. The topological polar surface area (TPSA) is 80.9 Å². The number of nitrogens with zero attached hydrogens (tertiary/aromatic N) is 3. The molecule has 1 amide bonds. The van der Waals surface area contributed by atoms with Crippen LogP contribution in [0, 0.1) is 6.92 Å². The van der Waals surface area contributed by atoms with Crippen LogP contribution in [0.1, 0.15) is 15.6 Å². The molecule has 4 aromatic rings. The van der Waals surface area contributed by atoms with E-state index in [9.17, 15) is 4.79 Å². The molecule has 0 aliphatic carbocycles. The number of aromatic nitrogens is 3. The molecule has 3 heterocycles. The van der Waals surface area contributed by atoms with E-state index in [0.717, 1.165) is 10.2 Å². The Bertz CT molecular complexity index is 969. The molecule has 23 heavy (non-hydrogen) atoms. The zero-order valence-corrected chi connectivity index (χ0v) is 13.6. The largest absolute Gasteiger partial charge is 0.334 e. The van der Waals surface area contributed by atoms with Gasteiger partial charge in [-0.2, -0.15) is 4.98 Å². The summed E-state index contributed by atoms with van der Waals surface area (Å²) in [5.41, 5.74) is 1.53. The summed E-state index contributed by atoms with van der Waals surface area (Å²) in [7, 11) is 0. The van der Waals surface area contributed by atoms with Gasteiger partial charge in [-0.3, -0.25) is 4.79 Å². The van der Waals surface area contributed by atoms with Gasteiger partial charge in [-0.25, -0.2) is 4.98 Å². The number of nitrogens with one attached hydrogen (secondary N) is 1. The van der Waals surface area contributed by atoms with E-state index < -0.39 is 0 Å². The van der Waals surface area contributed by atoms with Crippen LogP contribution < -0.4 is 5.32 Å². The van der Waals surface area contributed by atoms with Crippen molar-refractivity contribution in [3.63, 3.8) is 0 Å². The first kappa shape index (κ1) is 14.0. The number of carbonyl (C=O) groups is 1. The third-order valence-electron chi connectivity index (χ3n) is 3.14. The number of fused-ring (bicyclic) bond motifs is 1. The van der Waals surface area contributed by atoms with Crippen molar-refractivity contribution in [3.05, 3.63) is 46.5 Å². The number of thiophene rings is 1. The van der Waals surface area contributed by atoms with Gasteiger partial charge in [0.25, 0.3) is 11.8 Å². The Morgan fingerprint density at radius 2 is 2.09 bits per heavy atom. The molecule has 0 atom stereocenters. The minimum absolute atomic E-state index is 0.244. The number of anilines is 1. The molecule has 0 aliphatic rings. The molecule has 0 saturated heterocycles. The summed E-state index contributed by atoms with van der Waals surface area (Å²) in [5, 5.41) is 9.60. The van der Waals surface area contributed by atoms with Crippen molar-refractivity contribution < 1.29 is 9.32 Å². The van der Waals surface area contributed by atoms with Crippen molar-refractivity contribution in [1.82, 2.24) is 15.1 Å². The van der Waals surface area contributed by atoms with Gasteiger partial charge in [-0.05, 0) is 30.5 Å². The number of amides is 1. The van der Waals surface area contributed by atoms with Crippen LogP contribution in [0.5, 0.6) is 0 Å². The molecule has 114 valence electrons. The molecule has 8 heteroatoms. The molecule has 0 unspecified atom stereocenters. The van der Waals surface area contributed by atoms with Gasteiger partial charge in [0.1, 0.15) is 5.00 Å². The van der Waals surface area contributed by atoms with Crippen molar-refractivity contribution in [3.8, 4) is 11.5 Å². The number of benzene rings is 1. The SMILES string of the molecule is Cc1noc(-c2ccsc2NC(=O)c2nc3ccccc3s2)n1. The first-order chi connectivity index (χ1) is 11.2. The second-order valence-electron chi connectivity index (χ2n) is 4.75. The highest BCUT2D eigenvalue weighted by atomic mass is 32.1. The van der Waals surface area contributed by atoms with Crippen molar-refractivity contribution in [1.29, 1.82) is 0 Å². The van der Waals surface area contributed by atoms with E-state index in [1.165, 1.54) is 22.7 Å². The fraction of sp³-hybridized carbons (Fsp3) is 0.0667. The summed E-state index contributed by atoms with van der Waals surface area (Å²) in [6.45, 7) is 1.75. The molecule has 0 fully saturated rings. The Balaban J connectivity index is 1.63. The fourth-order valence-corrected chi connectivity index (χ4v) is 3.74. The monoisotopic (exact) mass is 342 g/mol. The third-order valence-corrected chi connectivity index (χ3v) is 5.00. The highest BCUT2D eigenvalue weighted by molar-refractivity contribution is 7.20. The third kappa shape index (κ3) is 2.62. The van der Waals surface area contributed by atoms with Crippen LogP contribution >= 0.6 is 22.7 Å². The van der Waals surface area contributed by atoms with Crippen molar-refractivity contribution in [2.45, 2.75) is 6.92 Å². The van der Waals surface area contributed by atoms with Gasteiger partial charge in [0.2, 0.25) is 0 Å². The lowest BCUT2D eigenvalue weighted by atomic mass is 10.3. The van der Waals surface area contributed by atoms with E-state index in [4.69, 9.17) is 4.52 Å². The summed E-state index contributed by atoms with van der Waals surface area (Å²) in [5.74, 6) is 0.698. The number of thiazole rings is 1. The van der Waals surface area contributed by atoms with E-state index in [2.05, 4.69) is 20.4 Å².